The molecule has 8 heteroatoms. The molecule has 1 aliphatic rings. The number of pyridine rings is 2. The molecule has 1 aromatic carbocycles. The van der Waals surface area contributed by atoms with Gasteiger partial charge in [0.1, 0.15) is 11.2 Å². The van der Waals surface area contributed by atoms with E-state index in [2.05, 4.69) is 26.3 Å². The van der Waals surface area contributed by atoms with Gasteiger partial charge >= 0.3 is 0 Å². The summed E-state index contributed by atoms with van der Waals surface area (Å²) in [5.74, 6) is 0.456. The first kappa shape index (κ1) is 21.6. The highest BCUT2D eigenvalue weighted by Crippen LogP contribution is 2.32. The quantitative estimate of drug-likeness (QED) is 0.505. The van der Waals surface area contributed by atoms with Gasteiger partial charge in [-0.2, -0.15) is 5.26 Å². The van der Waals surface area contributed by atoms with Crippen molar-refractivity contribution in [1.29, 1.82) is 5.26 Å². The average molecular weight is 451 g/mol. The number of hydrogen-bond donors (Lipinski definition) is 1. The molecule has 0 radical (unpaired) electrons. The molecule has 0 saturated heterocycles. The van der Waals surface area contributed by atoms with Gasteiger partial charge in [0.2, 0.25) is 0 Å². The summed E-state index contributed by atoms with van der Waals surface area (Å²) < 4.78 is 5.54. The van der Waals surface area contributed by atoms with Crippen LogP contribution in [0, 0.1) is 18.3 Å². The SMILES string of the molecule is Cc1nccc(-c2ccc3cnc(CNC(=O)c4ccc5c(c4)[C@](C)(C#N)COC5)cc3n2)n1. The van der Waals surface area contributed by atoms with Crippen molar-refractivity contribution in [2.75, 3.05) is 6.61 Å². The van der Waals surface area contributed by atoms with E-state index >= 15 is 0 Å². The summed E-state index contributed by atoms with van der Waals surface area (Å²) in [6.45, 7) is 4.68. The molecule has 0 unspecified atom stereocenters. The number of benzene rings is 1. The van der Waals surface area contributed by atoms with Crippen LogP contribution in [0.3, 0.4) is 0 Å². The summed E-state index contributed by atoms with van der Waals surface area (Å²) >= 11 is 0. The standard InChI is InChI=1S/C26H22N6O2/c1-16-28-8-7-23(31-16)22-6-5-18-11-29-20(10-24(18)32-22)12-30-25(33)17-3-4-19-13-34-15-26(2,14-27)21(19)9-17/h3-11H,12-13,15H2,1-2H3,(H,30,33)/t26-/m1/s1. The minimum absolute atomic E-state index is 0.227. The zero-order valence-corrected chi connectivity index (χ0v) is 18.9. The number of amides is 1. The molecule has 1 aliphatic heterocycles. The van der Waals surface area contributed by atoms with Gasteiger partial charge in [0.15, 0.2) is 0 Å². The van der Waals surface area contributed by atoms with E-state index in [1.807, 2.05) is 44.2 Å². The molecule has 0 bridgehead atoms. The minimum atomic E-state index is -0.768. The molecule has 5 rings (SSSR count). The molecular weight excluding hydrogens is 428 g/mol. The number of carbonyl (C=O) groups excluding carboxylic acids is 1. The lowest BCUT2D eigenvalue weighted by molar-refractivity contribution is 0.0757. The van der Waals surface area contributed by atoms with Crippen molar-refractivity contribution in [1.82, 2.24) is 25.3 Å². The molecule has 34 heavy (non-hydrogen) atoms. The fourth-order valence-corrected chi connectivity index (χ4v) is 4.06. The van der Waals surface area contributed by atoms with E-state index in [4.69, 9.17) is 9.72 Å². The van der Waals surface area contributed by atoms with E-state index in [0.717, 1.165) is 33.4 Å². The van der Waals surface area contributed by atoms with Crippen LogP contribution in [0.25, 0.3) is 22.3 Å². The van der Waals surface area contributed by atoms with Crippen LogP contribution in [0.2, 0.25) is 0 Å². The molecule has 168 valence electrons. The Hall–Kier alpha value is -4.22. The van der Waals surface area contributed by atoms with Gasteiger partial charge in [-0.05, 0) is 61.4 Å². The fourth-order valence-electron chi connectivity index (χ4n) is 4.06. The molecule has 8 nitrogen and oxygen atoms in total. The van der Waals surface area contributed by atoms with Crippen molar-refractivity contribution in [3.63, 3.8) is 0 Å². The van der Waals surface area contributed by atoms with Crippen molar-refractivity contribution in [2.45, 2.75) is 32.4 Å². The second-order valence-electron chi connectivity index (χ2n) is 8.55. The van der Waals surface area contributed by atoms with Crippen molar-refractivity contribution in [3.05, 3.63) is 83.1 Å². The second kappa shape index (κ2) is 8.61. The lowest BCUT2D eigenvalue weighted by Crippen LogP contribution is -2.33. The maximum absolute atomic E-state index is 12.9. The van der Waals surface area contributed by atoms with E-state index in [-0.39, 0.29) is 12.5 Å². The summed E-state index contributed by atoms with van der Waals surface area (Å²) in [5.41, 5.74) is 4.47. The van der Waals surface area contributed by atoms with Crippen molar-refractivity contribution < 1.29 is 9.53 Å². The first-order valence-electron chi connectivity index (χ1n) is 10.9. The largest absolute Gasteiger partial charge is 0.375 e. The Morgan fingerprint density at radius 1 is 1.15 bits per heavy atom. The normalized spacial score (nSPS) is 17.1. The molecule has 1 N–H and O–H groups in total. The minimum Gasteiger partial charge on any atom is -0.375 e. The van der Waals surface area contributed by atoms with Gasteiger partial charge in [-0.15, -0.1) is 0 Å². The predicted octanol–water partition coefficient (Wildman–Crippen LogP) is 3.64. The van der Waals surface area contributed by atoms with Crippen LogP contribution < -0.4 is 5.32 Å². The fraction of sp³-hybridized carbons (Fsp3) is 0.231. The number of rotatable bonds is 4. The van der Waals surface area contributed by atoms with Gasteiger partial charge in [-0.3, -0.25) is 9.78 Å². The lowest BCUT2D eigenvalue weighted by atomic mass is 9.79. The molecule has 4 aromatic rings. The van der Waals surface area contributed by atoms with Crippen molar-refractivity contribution in [2.24, 2.45) is 0 Å². The van der Waals surface area contributed by atoms with Crippen LogP contribution in [-0.4, -0.2) is 32.4 Å². The number of ether oxygens (including phenoxy) is 1. The van der Waals surface area contributed by atoms with Crippen molar-refractivity contribution in [3.8, 4) is 17.5 Å². The zero-order valence-electron chi connectivity index (χ0n) is 18.9. The molecule has 1 atom stereocenters. The van der Waals surface area contributed by atoms with Crippen molar-refractivity contribution >= 4 is 16.8 Å². The van der Waals surface area contributed by atoms with Crippen LogP contribution in [0.15, 0.2) is 54.9 Å². The molecular formula is C26H22N6O2. The predicted molar refractivity (Wildman–Crippen MR) is 126 cm³/mol. The van der Waals surface area contributed by atoms with Gasteiger partial charge in [0, 0.05) is 23.3 Å². The van der Waals surface area contributed by atoms with Gasteiger partial charge in [0.25, 0.3) is 5.91 Å². The average Bonchev–Trinajstić information content (AvgIpc) is 2.87. The maximum Gasteiger partial charge on any atom is 0.251 e. The zero-order chi connectivity index (χ0) is 23.7. The third-order valence-electron chi connectivity index (χ3n) is 5.96. The third-order valence-corrected chi connectivity index (χ3v) is 5.96. The Morgan fingerprint density at radius 2 is 2.00 bits per heavy atom. The monoisotopic (exact) mass is 450 g/mol. The first-order valence-corrected chi connectivity index (χ1v) is 10.9. The van der Waals surface area contributed by atoms with E-state index in [9.17, 15) is 10.1 Å². The summed E-state index contributed by atoms with van der Waals surface area (Å²) in [4.78, 5) is 30.6. The Bertz CT molecular complexity index is 1460. The van der Waals surface area contributed by atoms with Gasteiger partial charge in [0.05, 0.1) is 48.4 Å². The number of hydrogen-bond acceptors (Lipinski definition) is 7. The highest BCUT2D eigenvalue weighted by atomic mass is 16.5. The van der Waals surface area contributed by atoms with Crippen LogP contribution in [0.1, 0.15) is 39.9 Å². The van der Waals surface area contributed by atoms with E-state index < -0.39 is 5.41 Å². The molecule has 3 aromatic heterocycles. The maximum atomic E-state index is 12.9. The number of nitriles is 1. The Kier molecular flexibility index (Phi) is 5.48. The number of carbonyl (C=O) groups is 1. The molecule has 0 spiro atoms. The number of nitrogens with zero attached hydrogens (tertiary/aromatic N) is 5. The Labute approximate surface area is 196 Å². The van der Waals surface area contributed by atoms with Gasteiger partial charge in [-0.25, -0.2) is 15.0 Å². The topological polar surface area (TPSA) is 114 Å². The first-order chi connectivity index (χ1) is 16.4. The van der Waals surface area contributed by atoms with E-state index in [1.165, 1.54) is 0 Å². The molecule has 4 heterocycles. The molecule has 0 saturated carbocycles. The summed E-state index contributed by atoms with van der Waals surface area (Å²) in [5, 5.41) is 13.4. The van der Waals surface area contributed by atoms with Crippen LogP contribution >= 0.6 is 0 Å². The van der Waals surface area contributed by atoms with Gasteiger partial charge in [-0.1, -0.05) is 6.07 Å². The lowest BCUT2D eigenvalue weighted by Gasteiger charge is -2.30. The number of fused-ring (bicyclic) bond motifs is 2. The number of nitrogens with one attached hydrogen (secondary N) is 1. The van der Waals surface area contributed by atoms with E-state index in [0.29, 0.717) is 30.3 Å². The number of aromatic nitrogens is 4. The Balaban J connectivity index is 1.35. The molecule has 0 fully saturated rings. The van der Waals surface area contributed by atoms with Crippen LogP contribution in [0.5, 0.6) is 0 Å². The van der Waals surface area contributed by atoms with E-state index in [1.54, 1.807) is 24.5 Å². The highest BCUT2D eigenvalue weighted by Gasteiger charge is 2.33. The van der Waals surface area contributed by atoms with Gasteiger partial charge < -0.3 is 10.1 Å². The highest BCUT2D eigenvalue weighted by molar-refractivity contribution is 5.94. The van der Waals surface area contributed by atoms with Crippen LogP contribution in [0.4, 0.5) is 0 Å². The summed E-state index contributed by atoms with van der Waals surface area (Å²) in [6, 6.07) is 15.3. The smallest absolute Gasteiger partial charge is 0.251 e. The summed E-state index contributed by atoms with van der Waals surface area (Å²) in [7, 11) is 0. The Morgan fingerprint density at radius 3 is 2.82 bits per heavy atom. The number of aryl methyl sites for hydroxylation is 1. The second-order valence-corrected chi connectivity index (χ2v) is 8.55. The molecule has 0 aliphatic carbocycles. The third kappa shape index (κ3) is 4.09. The van der Waals surface area contributed by atoms with Crippen LogP contribution in [-0.2, 0) is 23.3 Å². The summed E-state index contributed by atoms with van der Waals surface area (Å²) in [6.07, 6.45) is 3.46. The molecule has 1 amide bonds.